The van der Waals surface area contributed by atoms with Crippen LogP contribution >= 0.6 is 15.9 Å². The molecule has 1 aromatic rings. The number of piperazine rings is 1. The highest BCUT2D eigenvalue weighted by Gasteiger charge is 2.08. The Morgan fingerprint density at radius 1 is 1.24 bits per heavy atom. The second-order valence-corrected chi connectivity index (χ2v) is 5.21. The molecule has 94 valence electrons. The zero-order valence-electron chi connectivity index (χ0n) is 10.1. The number of rotatable bonds is 5. The third kappa shape index (κ3) is 4.30. The van der Waals surface area contributed by atoms with E-state index in [1.807, 2.05) is 6.07 Å². The summed E-state index contributed by atoms with van der Waals surface area (Å²) >= 11 is 3.54. The molecule has 17 heavy (non-hydrogen) atoms. The lowest BCUT2D eigenvalue weighted by atomic mass is 10.3. The molecule has 2 N–H and O–H groups in total. The van der Waals surface area contributed by atoms with Crippen molar-refractivity contribution in [1.29, 1.82) is 0 Å². The number of halogens is 1. The Kier molecular flexibility index (Phi) is 5.29. The minimum absolute atomic E-state index is 1.03. The van der Waals surface area contributed by atoms with Gasteiger partial charge in [0.25, 0.3) is 0 Å². The van der Waals surface area contributed by atoms with Crippen LogP contribution in [0, 0.1) is 0 Å². The van der Waals surface area contributed by atoms with Gasteiger partial charge in [-0.1, -0.05) is 12.1 Å². The van der Waals surface area contributed by atoms with Gasteiger partial charge in [-0.15, -0.1) is 0 Å². The fraction of sp³-hybridized carbons (Fsp3) is 0.538. The number of hydrogen-bond acceptors (Lipinski definition) is 3. The first-order chi connectivity index (χ1) is 8.36. The fourth-order valence-corrected chi connectivity index (χ4v) is 2.49. The molecule has 3 nitrogen and oxygen atoms in total. The normalized spacial score (nSPS) is 17.0. The molecule has 0 amide bonds. The lowest BCUT2D eigenvalue weighted by molar-refractivity contribution is 0.240. The van der Waals surface area contributed by atoms with Gasteiger partial charge < -0.3 is 15.5 Å². The lowest BCUT2D eigenvalue weighted by Crippen LogP contribution is -2.44. The maximum Gasteiger partial charge on any atom is 0.0484 e. The van der Waals surface area contributed by atoms with E-state index in [4.69, 9.17) is 0 Å². The molecule has 1 saturated heterocycles. The van der Waals surface area contributed by atoms with Crippen molar-refractivity contribution in [1.82, 2.24) is 10.2 Å². The number of anilines is 1. The Morgan fingerprint density at radius 3 is 2.76 bits per heavy atom. The van der Waals surface area contributed by atoms with Crippen LogP contribution in [0.1, 0.15) is 6.42 Å². The molecule has 0 atom stereocenters. The van der Waals surface area contributed by atoms with Gasteiger partial charge in [0.05, 0.1) is 0 Å². The molecule has 1 heterocycles. The number of hydrogen-bond donors (Lipinski definition) is 2. The highest BCUT2D eigenvalue weighted by molar-refractivity contribution is 9.10. The van der Waals surface area contributed by atoms with Gasteiger partial charge >= 0.3 is 0 Å². The highest BCUT2D eigenvalue weighted by Crippen LogP contribution is 2.20. The fourth-order valence-electron chi connectivity index (χ4n) is 2.07. The van der Waals surface area contributed by atoms with Crippen molar-refractivity contribution >= 4 is 21.6 Å². The predicted molar refractivity (Wildman–Crippen MR) is 76.6 cm³/mol. The predicted octanol–water partition coefficient (Wildman–Crippen LogP) is 2.16. The Labute approximate surface area is 112 Å². The molecule has 4 heteroatoms. The molecule has 0 saturated carbocycles. The summed E-state index contributed by atoms with van der Waals surface area (Å²) in [6.45, 7) is 6.88. The topological polar surface area (TPSA) is 27.3 Å². The molecular weight excluding hydrogens is 278 g/mol. The van der Waals surface area contributed by atoms with Crippen molar-refractivity contribution in [2.24, 2.45) is 0 Å². The number of para-hydroxylation sites is 1. The molecule has 0 unspecified atom stereocenters. The van der Waals surface area contributed by atoms with Crippen molar-refractivity contribution in [2.45, 2.75) is 6.42 Å². The van der Waals surface area contributed by atoms with E-state index in [0.29, 0.717) is 0 Å². The third-order valence-corrected chi connectivity index (χ3v) is 3.74. The molecule has 1 fully saturated rings. The Bertz CT molecular complexity index is 337. The van der Waals surface area contributed by atoms with Gasteiger partial charge in [0, 0.05) is 42.9 Å². The number of nitrogens with one attached hydrogen (secondary N) is 2. The first kappa shape index (κ1) is 12.9. The van der Waals surface area contributed by atoms with Crippen LogP contribution in [0.2, 0.25) is 0 Å². The van der Waals surface area contributed by atoms with Crippen molar-refractivity contribution in [3.05, 3.63) is 28.7 Å². The van der Waals surface area contributed by atoms with Crippen molar-refractivity contribution in [3.63, 3.8) is 0 Å². The van der Waals surface area contributed by atoms with E-state index in [0.717, 1.165) is 24.1 Å². The minimum Gasteiger partial charge on any atom is -0.384 e. The average Bonchev–Trinajstić information content (AvgIpc) is 2.38. The Morgan fingerprint density at radius 2 is 2.00 bits per heavy atom. The van der Waals surface area contributed by atoms with Crippen molar-refractivity contribution in [2.75, 3.05) is 44.6 Å². The molecule has 1 aromatic carbocycles. The molecule has 0 bridgehead atoms. The van der Waals surface area contributed by atoms with E-state index in [2.05, 4.69) is 49.7 Å². The SMILES string of the molecule is Brc1ccccc1NCCCN1CCNCC1. The average molecular weight is 298 g/mol. The summed E-state index contributed by atoms with van der Waals surface area (Å²) in [5.74, 6) is 0. The zero-order chi connectivity index (χ0) is 11.9. The summed E-state index contributed by atoms with van der Waals surface area (Å²) in [6, 6.07) is 8.27. The summed E-state index contributed by atoms with van der Waals surface area (Å²) in [6.07, 6.45) is 1.20. The van der Waals surface area contributed by atoms with Crippen LogP contribution in [-0.4, -0.2) is 44.2 Å². The van der Waals surface area contributed by atoms with Crippen LogP contribution < -0.4 is 10.6 Å². The maximum atomic E-state index is 3.54. The summed E-state index contributed by atoms with van der Waals surface area (Å²) in [7, 11) is 0. The van der Waals surface area contributed by atoms with Crippen LogP contribution in [0.5, 0.6) is 0 Å². The van der Waals surface area contributed by atoms with E-state index in [1.54, 1.807) is 0 Å². The summed E-state index contributed by atoms with van der Waals surface area (Å²) in [5.41, 5.74) is 1.19. The Hall–Kier alpha value is -0.580. The van der Waals surface area contributed by atoms with Crippen LogP contribution in [-0.2, 0) is 0 Å². The molecule has 0 radical (unpaired) electrons. The van der Waals surface area contributed by atoms with E-state index in [-0.39, 0.29) is 0 Å². The molecule has 2 rings (SSSR count). The molecule has 1 aliphatic rings. The summed E-state index contributed by atoms with van der Waals surface area (Å²) < 4.78 is 1.14. The second kappa shape index (κ2) is 6.99. The van der Waals surface area contributed by atoms with E-state index in [1.165, 1.54) is 31.7 Å². The number of benzene rings is 1. The third-order valence-electron chi connectivity index (χ3n) is 3.05. The zero-order valence-corrected chi connectivity index (χ0v) is 11.7. The van der Waals surface area contributed by atoms with Crippen molar-refractivity contribution in [3.8, 4) is 0 Å². The minimum atomic E-state index is 1.03. The van der Waals surface area contributed by atoms with Gasteiger partial charge in [-0.25, -0.2) is 0 Å². The summed E-state index contributed by atoms with van der Waals surface area (Å²) in [4.78, 5) is 2.53. The standard InChI is InChI=1S/C13H20BrN3/c14-12-4-1-2-5-13(12)16-6-3-9-17-10-7-15-8-11-17/h1-2,4-5,15-16H,3,6-11H2. The molecule has 0 aromatic heterocycles. The van der Waals surface area contributed by atoms with Crippen LogP contribution in [0.4, 0.5) is 5.69 Å². The first-order valence-electron chi connectivity index (χ1n) is 6.28. The summed E-state index contributed by atoms with van der Waals surface area (Å²) in [5, 5.41) is 6.84. The van der Waals surface area contributed by atoms with Crippen LogP contribution in [0.3, 0.4) is 0 Å². The molecule has 0 spiro atoms. The van der Waals surface area contributed by atoms with Gasteiger partial charge in [0.1, 0.15) is 0 Å². The Balaban J connectivity index is 1.64. The molecule has 1 aliphatic heterocycles. The highest BCUT2D eigenvalue weighted by atomic mass is 79.9. The van der Waals surface area contributed by atoms with E-state index >= 15 is 0 Å². The van der Waals surface area contributed by atoms with Gasteiger partial charge in [-0.05, 0) is 41.0 Å². The van der Waals surface area contributed by atoms with E-state index < -0.39 is 0 Å². The number of nitrogens with zero attached hydrogens (tertiary/aromatic N) is 1. The van der Waals surface area contributed by atoms with Gasteiger partial charge in [-0.3, -0.25) is 0 Å². The quantitative estimate of drug-likeness (QED) is 0.816. The monoisotopic (exact) mass is 297 g/mol. The van der Waals surface area contributed by atoms with Gasteiger partial charge in [0.15, 0.2) is 0 Å². The largest absolute Gasteiger partial charge is 0.384 e. The smallest absolute Gasteiger partial charge is 0.0484 e. The van der Waals surface area contributed by atoms with Gasteiger partial charge in [0.2, 0.25) is 0 Å². The van der Waals surface area contributed by atoms with Gasteiger partial charge in [-0.2, -0.15) is 0 Å². The lowest BCUT2D eigenvalue weighted by Gasteiger charge is -2.27. The van der Waals surface area contributed by atoms with Crippen LogP contribution in [0.25, 0.3) is 0 Å². The van der Waals surface area contributed by atoms with Crippen molar-refractivity contribution < 1.29 is 0 Å². The first-order valence-corrected chi connectivity index (χ1v) is 7.07. The molecule has 0 aliphatic carbocycles. The van der Waals surface area contributed by atoms with Crippen LogP contribution in [0.15, 0.2) is 28.7 Å². The maximum absolute atomic E-state index is 3.54. The second-order valence-electron chi connectivity index (χ2n) is 4.35. The molecular formula is C13H20BrN3. The van der Waals surface area contributed by atoms with E-state index in [9.17, 15) is 0 Å².